The van der Waals surface area contributed by atoms with Crippen LogP contribution < -0.4 is 4.90 Å². The van der Waals surface area contributed by atoms with E-state index in [-0.39, 0.29) is 6.54 Å². The monoisotopic (exact) mass is 209 g/mol. The van der Waals surface area contributed by atoms with Gasteiger partial charge in [0.25, 0.3) is 0 Å². The summed E-state index contributed by atoms with van der Waals surface area (Å²) in [5.41, 5.74) is 1.82. The highest BCUT2D eigenvalue weighted by Gasteiger charge is 2.16. The highest BCUT2D eigenvalue weighted by molar-refractivity contribution is 5.72. The molecule has 6 nitrogen and oxygen atoms in total. The topological polar surface area (TPSA) is 75.6 Å². The van der Waals surface area contributed by atoms with Gasteiger partial charge in [0.1, 0.15) is 6.54 Å². The van der Waals surface area contributed by atoms with Gasteiger partial charge < -0.3 is 14.7 Å². The molecular formula is C9H11N3O3. The molecule has 1 aromatic heterocycles. The first-order valence-corrected chi connectivity index (χ1v) is 4.52. The Morgan fingerprint density at radius 3 is 3.20 bits per heavy atom. The van der Waals surface area contributed by atoms with Crippen molar-refractivity contribution in [2.75, 3.05) is 18.5 Å². The molecule has 0 spiro atoms. The SMILES string of the molecule is CN(CC(=O)O)c1ncc2c(n1)COC2. The lowest BCUT2D eigenvalue weighted by atomic mass is 10.3. The van der Waals surface area contributed by atoms with E-state index in [9.17, 15) is 4.79 Å². The third-order valence-corrected chi connectivity index (χ3v) is 2.15. The summed E-state index contributed by atoms with van der Waals surface area (Å²) in [4.78, 5) is 20.3. The third kappa shape index (κ3) is 2.04. The van der Waals surface area contributed by atoms with Gasteiger partial charge in [-0.05, 0) is 0 Å². The van der Waals surface area contributed by atoms with Crippen molar-refractivity contribution < 1.29 is 14.6 Å². The van der Waals surface area contributed by atoms with Crippen molar-refractivity contribution in [3.05, 3.63) is 17.5 Å². The predicted molar refractivity (Wildman–Crippen MR) is 51.4 cm³/mol. The van der Waals surface area contributed by atoms with Crippen LogP contribution in [-0.4, -0.2) is 34.6 Å². The summed E-state index contributed by atoms with van der Waals surface area (Å²) in [5, 5.41) is 8.62. The lowest BCUT2D eigenvalue weighted by molar-refractivity contribution is -0.135. The Kier molecular flexibility index (Phi) is 2.51. The van der Waals surface area contributed by atoms with E-state index in [4.69, 9.17) is 9.84 Å². The van der Waals surface area contributed by atoms with E-state index in [0.717, 1.165) is 11.3 Å². The molecule has 1 aromatic rings. The van der Waals surface area contributed by atoms with Crippen LogP contribution in [0.4, 0.5) is 5.95 Å². The van der Waals surface area contributed by atoms with Gasteiger partial charge in [-0.1, -0.05) is 0 Å². The Morgan fingerprint density at radius 2 is 2.47 bits per heavy atom. The minimum atomic E-state index is -0.905. The molecule has 0 unspecified atom stereocenters. The van der Waals surface area contributed by atoms with Gasteiger partial charge >= 0.3 is 5.97 Å². The lowest BCUT2D eigenvalue weighted by Crippen LogP contribution is -2.27. The zero-order valence-electron chi connectivity index (χ0n) is 8.30. The number of likely N-dealkylation sites (N-methyl/N-ethyl adjacent to an activating group) is 1. The molecule has 0 saturated carbocycles. The lowest BCUT2D eigenvalue weighted by Gasteiger charge is -2.14. The molecule has 0 aromatic carbocycles. The molecule has 1 N–H and O–H groups in total. The van der Waals surface area contributed by atoms with Crippen molar-refractivity contribution in [2.24, 2.45) is 0 Å². The maximum Gasteiger partial charge on any atom is 0.323 e. The number of anilines is 1. The van der Waals surface area contributed by atoms with Crippen LogP contribution in [0.1, 0.15) is 11.3 Å². The van der Waals surface area contributed by atoms with E-state index in [2.05, 4.69) is 9.97 Å². The smallest absolute Gasteiger partial charge is 0.323 e. The van der Waals surface area contributed by atoms with Crippen LogP contribution in [0.25, 0.3) is 0 Å². The first-order chi connectivity index (χ1) is 7.16. The number of aromatic nitrogens is 2. The minimum absolute atomic E-state index is 0.111. The number of aliphatic carboxylic acids is 1. The highest BCUT2D eigenvalue weighted by atomic mass is 16.5. The van der Waals surface area contributed by atoms with Crippen LogP contribution in [0.3, 0.4) is 0 Å². The third-order valence-electron chi connectivity index (χ3n) is 2.15. The van der Waals surface area contributed by atoms with E-state index in [1.54, 1.807) is 13.2 Å². The normalized spacial score (nSPS) is 13.7. The molecule has 1 aliphatic rings. The van der Waals surface area contributed by atoms with Crippen molar-refractivity contribution in [2.45, 2.75) is 13.2 Å². The molecule has 0 radical (unpaired) electrons. The summed E-state index contributed by atoms with van der Waals surface area (Å²) in [5.74, 6) is -0.487. The van der Waals surface area contributed by atoms with Crippen LogP contribution in [0, 0.1) is 0 Å². The molecular weight excluding hydrogens is 198 g/mol. The quantitative estimate of drug-likeness (QED) is 0.756. The largest absolute Gasteiger partial charge is 0.480 e. The molecule has 0 bridgehead atoms. The number of nitrogens with zero attached hydrogens (tertiary/aromatic N) is 3. The number of fused-ring (bicyclic) bond motifs is 1. The summed E-state index contributed by atoms with van der Waals surface area (Å²) in [7, 11) is 1.64. The Balaban J connectivity index is 2.19. The maximum atomic E-state index is 10.5. The van der Waals surface area contributed by atoms with Gasteiger partial charge in [0.05, 0.1) is 18.9 Å². The Labute approximate surface area is 86.5 Å². The Hall–Kier alpha value is -1.69. The number of carboxylic acid groups (broad SMARTS) is 1. The second-order valence-corrected chi connectivity index (χ2v) is 3.38. The van der Waals surface area contributed by atoms with E-state index in [1.165, 1.54) is 4.90 Å². The first kappa shape index (κ1) is 9.85. The highest BCUT2D eigenvalue weighted by Crippen LogP contribution is 2.18. The van der Waals surface area contributed by atoms with Crippen molar-refractivity contribution in [3.8, 4) is 0 Å². The number of hydrogen-bond donors (Lipinski definition) is 1. The van der Waals surface area contributed by atoms with E-state index in [0.29, 0.717) is 19.2 Å². The summed E-state index contributed by atoms with van der Waals surface area (Å²) in [6, 6.07) is 0. The average molecular weight is 209 g/mol. The number of hydrogen-bond acceptors (Lipinski definition) is 5. The molecule has 2 heterocycles. The fourth-order valence-electron chi connectivity index (χ4n) is 1.39. The number of carboxylic acids is 1. The average Bonchev–Trinajstić information content (AvgIpc) is 2.62. The molecule has 6 heteroatoms. The van der Waals surface area contributed by atoms with Gasteiger partial charge in [0.15, 0.2) is 0 Å². The van der Waals surface area contributed by atoms with Crippen LogP contribution in [0.15, 0.2) is 6.20 Å². The van der Waals surface area contributed by atoms with Gasteiger partial charge in [-0.25, -0.2) is 9.97 Å². The number of ether oxygens (including phenoxy) is 1. The first-order valence-electron chi connectivity index (χ1n) is 4.52. The van der Waals surface area contributed by atoms with Crippen LogP contribution in [0.2, 0.25) is 0 Å². The summed E-state index contributed by atoms with van der Waals surface area (Å²) in [6.45, 7) is 0.906. The van der Waals surface area contributed by atoms with Gasteiger partial charge in [-0.2, -0.15) is 0 Å². The molecule has 0 amide bonds. The van der Waals surface area contributed by atoms with E-state index in [1.807, 2.05) is 0 Å². The Morgan fingerprint density at radius 1 is 1.67 bits per heavy atom. The fraction of sp³-hybridized carbons (Fsp3) is 0.444. The standard InChI is InChI=1S/C9H11N3O3/c1-12(3-8(13)14)9-10-2-6-4-15-5-7(6)11-9/h2H,3-5H2,1H3,(H,13,14). The fourth-order valence-corrected chi connectivity index (χ4v) is 1.39. The molecule has 0 fully saturated rings. The number of carbonyl (C=O) groups is 1. The van der Waals surface area contributed by atoms with E-state index >= 15 is 0 Å². The molecule has 80 valence electrons. The number of rotatable bonds is 3. The van der Waals surface area contributed by atoms with Crippen molar-refractivity contribution >= 4 is 11.9 Å². The molecule has 2 rings (SSSR count). The maximum absolute atomic E-state index is 10.5. The van der Waals surface area contributed by atoms with Gasteiger partial charge in [0.2, 0.25) is 5.95 Å². The van der Waals surface area contributed by atoms with Crippen LogP contribution >= 0.6 is 0 Å². The predicted octanol–water partition coefficient (Wildman–Crippen LogP) is 0.0276. The zero-order valence-corrected chi connectivity index (χ0v) is 8.30. The second-order valence-electron chi connectivity index (χ2n) is 3.38. The van der Waals surface area contributed by atoms with Crippen molar-refractivity contribution in [1.29, 1.82) is 0 Å². The van der Waals surface area contributed by atoms with Crippen molar-refractivity contribution in [3.63, 3.8) is 0 Å². The van der Waals surface area contributed by atoms with Gasteiger partial charge in [-0.15, -0.1) is 0 Å². The van der Waals surface area contributed by atoms with Gasteiger partial charge in [0, 0.05) is 18.8 Å². The summed E-state index contributed by atoms with van der Waals surface area (Å²) < 4.78 is 5.19. The van der Waals surface area contributed by atoms with E-state index < -0.39 is 5.97 Å². The van der Waals surface area contributed by atoms with Gasteiger partial charge in [-0.3, -0.25) is 4.79 Å². The second kappa shape index (κ2) is 3.82. The molecule has 0 atom stereocenters. The molecule has 1 aliphatic heterocycles. The molecule has 0 saturated heterocycles. The zero-order chi connectivity index (χ0) is 10.8. The van der Waals surface area contributed by atoms with Crippen LogP contribution in [0.5, 0.6) is 0 Å². The summed E-state index contributed by atoms with van der Waals surface area (Å²) in [6.07, 6.45) is 1.68. The Bertz CT molecular complexity index is 394. The minimum Gasteiger partial charge on any atom is -0.480 e. The summed E-state index contributed by atoms with van der Waals surface area (Å²) >= 11 is 0. The molecule has 15 heavy (non-hydrogen) atoms. The van der Waals surface area contributed by atoms with Crippen LogP contribution in [-0.2, 0) is 22.7 Å². The molecule has 0 aliphatic carbocycles. The van der Waals surface area contributed by atoms with Crippen molar-refractivity contribution in [1.82, 2.24) is 9.97 Å².